The molecule has 0 aliphatic rings. The molecule has 1 unspecified atom stereocenters. The number of aryl methyl sites for hydroxylation is 1. The molecule has 11 heteroatoms. The van der Waals surface area contributed by atoms with Crippen molar-refractivity contribution in [1.82, 2.24) is 4.72 Å². The number of aliphatic hydroxyl groups excluding tert-OH is 1. The Labute approximate surface area is 115 Å². The fourth-order valence-corrected chi connectivity index (χ4v) is 3.69. The van der Waals surface area contributed by atoms with E-state index in [0.717, 1.165) is 6.07 Å². The summed E-state index contributed by atoms with van der Waals surface area (Å²) in [5, 5.41) is 17.4. The van der Waals surface area contributed by atoms with Crippen molar-refractivity contribution in [2.75, 3.05) is 6.54 Å². The molecule has 1 aromatic rings. The van der Waals surface area contributed by atoms with Gasteiger partial charge in [-0.3, -0.25) is 0 Å². The largest absolute Gasteiger partial charge is 0.477 e. The van der Waals surface area contributed by atoms with Crippen LogP contribution in [0.5, 0.6) is 0 Å². The molecule has 0 aliphatic heterocycles. The monoisotopic (exact) mass is 333 g/mol. The van der Waals surface area contributed by atoms with Crippen LogP contribution in [0.15, 0.2) is 11.0 Å². The van der Waals surface area contributed by atoms with Gasteiger partial charge in [-0.1, -0.05) is 0 Å². The highest BCUT2D eigenvalue weighted by atomic mass is 32.2. The Morgan fingerprint density at radius 1 is 1.50 bits per heavy atom. The van der Waals surface area contributed by atoms with Gasteiger partial charge in [0, 0.05) is 11.4 Å². The molecule has 114 valence electrons. The summed E-state index contributed by atoms with van der Waals surface area (Å²) in [5.41, 5.74) is 0. The molecule has 0 fully saturated rings. The average Bonchev–Trinajstić information content (AvgIpc) is 2.68. The third-order valence-corrected chi connectivity index (χ3v) is 4.93. The molecule has 0 amide bonds. The van der Waals surface area contributed by atoms with Gasteiger partial charge in [0.1, 0.15) is 4.88 Å². The van der Waals surface area contributed by atoms with Crippen molar-refractivity contribution in [2.45, 2.75) is 24.1 Å². The fourth-order valence-electron chi connectivity index (χ4n) is 1.22. The number of hydrogen-bond donors (Lipinski definition) is 3. The number of nitrogens with one attached hydrogen (secondary N) is 1. The molecule has 1 heterocycles. The molecular formula is C9H10F3NO5S2. The van der Waals surface area contributed by atoms with Crippen LogP contribution in [0.25, 0.3) is 0 Å². The smallest absolute Gasteiger partial charge is 0.415 e. The number of sulfonamides is 1. The number of aliphatic hydroxyl groups is 1. The van der Waals surface area contributed by atoms with E-state index in [9.17, 15) is 26.4 Å². The molecule has 0 spiro atoms. The number of hydrogen-bond acceptors (Lipinski definition) is 5. The molecule has 0 radical (unpaired) electrons. The van der Waals surface area contributed by atoms with E-state index in [4.69, 9.17) is 10.2 Å². The van der Waals surface area contributed by atoms with Gasteiger partial charge in [0.15, 0.2) is 6.10 Å². The van der Waals surface area contributed by atoms with E-state index in [1.165, 1.54) is 6.92 Å². The molecule has 0 aliphatic carbocycles. The lowest BCUT2D eigenvalue weighted by molar-refractivity contribution is -0.200. The molecule has 0 bridgehead atoms. The van der Waals surface area contributed by atoms with Crippen molar-refractivity contribution >= 4 is 27.3 Å². The zero-order chi connectivity index (χ0) is 15.7. The van der Waals surface area contributed by atoms with Gasteiger partial charge in [-0.2, -0.15) is 13.2 Å². The van der Waals surface area contributed by atoms with Gasteiger partial charge in [0.2, 0.25) is 10.0 Å². The van der Waals surface area contributed by atoms with Crippen LogP contribution >= 0.6 is 11.3 Å². The number of halogens is 3. The van der Waals surface area contributed by atoms with Gasteiger partial charge in [0.25, 0.3) is 0 Å². The highest BCUT2D eigenvalue weighted by Crippen LogP contribution is 2.26. The number of aromatic carboxylic acids is 1. The minimum absolute atomic E-state index is 0.122. The number of carbonyl (C=O) groups is 1. The van der Waals surface area contributed by atoms with Crippen LogP contribution in [0.3, 0.4) is 0 Å². The van der Waals surface area contributed by atoms with Crippen molar-refractivity contribution in [1.29, 1.82) is 0 Å². The lowest BCUT2D eigenvalue weighted by atomic mass is 10.4. The van der Waals surface area contributed by atoms with Crippen LogP contribution in [0.1, 0.15) is 14.5 Å². The van der Waals surface area contributed by atoms with Gasteiger partial charge in [0.05, 0.1) is 4.90 Å². The van der Waals surface area contributed by atoms with E-state index < -0.39 is 39.7 Å². The normalized spacial score (nSPS) is 14.2. The van der Waals surface area contributed by atoms with E-state index in [1.54, 1.807) is 4.72 Å². The summed E-state index contributed by atoms with van der Waals surface area (Å²) in [6, 6.07) is 0.852. The molecule has 0 saturated heterocycles. The summed E-state index contributed by atoms with van der Waals surface area (Å²) >= 11 is 0.686. The van der Waals surface area contributed by atoms with Crippen molar-refractivity contribution in [3.8, 4) is 0 Å². The summed E-state index contributed by atoms with van der Waals surface area (Å²) in [6.07, 6.45) is -7.78. The molecule has 3 N–H and O–H groups in total. The second kappa shape index (κ2) is 5.68. The lowest BCUT2D eigenvalue weighted by Crippen LogP contribution is -2.40. The van der Waals surface area contributed by atoms with Gasteiger partial charge in [-0.25, -0.2) is 17.9 Å². The summed E-state index contributed by atoms with van der Waals surface area (Å²) in [6.45, 7) is 0.0788. The Hall–Kier alpha value is -1.17. The van der Waals surface area contributed by atoms with Crippen molar-refractivity contribution in [2.24, 2.45) is 0 Å². The van der Waals surface area contributed by atoms with Crippen LogP contribution in [-0.2, 0) is 10.0 Å². The minimum atomic E-state index is -4.95. The van der Waals surface area contributed by atoms with Gasteiger partial charge >= 0.3 is 12.1 Å². The molecular weight excluding hydrogens is 323 g/mol. The second-order valence-electron chi connectivity index (χ2n) is 3.75. The third-order valence-electron chi connectivity index (χ3n) is 2.22. The third kappa shape index (κ3) is 3.91. The lowest BCUT2D eigenvalue weighted by Gasteiger charge is -2.15. The Balaban J connectivity index is 2.92. The molecule has 1 aromatic heterocycles. The highest BCUT2D eigenvalue weighted by molar-refractivity contribution is 7.89. The summed E-state index contributed by atoms with van der Waals surface area (Å²) < 4.78 is 61.2. The second-order valence-corrected chi connectivity index (χ2v) is 6.74. The minimum Gasteiger partial charge on any atom is -0.477 e. The maximum absolute atomic E-state index is 12.1. The Morgan fingerprint density at radius 3 is 2.45 bits per heavy atom. The Bertz CT molecular complexity index is 608. The van der Waals surface area contributed by atoms with Crippen LogP contribution in [0, 0.1) is 6.92 Å². The van der Waals surface area contributed by atoms with Crippen LogP contribution in [0.2, 0.25) is 0 Å². The van der Waals surface area contributed by atoms with E-state index >= 15 is 0 Å². The number of rotatable bonds is 5. The molecule has 1 rings (SSSR count). The van der Waals surface area contributed by atoms with Gasteiger partial charge < -0.3 is 10.2 Å². The van der Waals surface area contributed by atoms with E-state index in [-0.39, 0.29) is 9.75 Å². The fraction of sp³-hybridized carbons (Fsp3) is 0.444. The standard InChI is InChI=1S/C9H10F3NO5S2/c1-4-6(2-5(19-4)8(15)16)20(17,18)13-3-7(14)9(10,11)12/h2,7,13-14H,3H2,1H3,(H,15,16). The van der Waals surface area contributed by atoms with E-state index in [0.29, 0.717) is 11.3 Å². The topological polar surface area (TPSA) is 104 Å². The van der Waals surface area contributed by atoms with Gasteiger partial charge in [-0.15, -0.1) is 11.3 Å². The number of alkyl halides is 3. The van der Waals surface area contributed by atoms with E-state index in [2.05, 4.69) is 0 Å². The first-order valence-corrected chi connectivity index (χ1v) is 7.33. The zero-order valence-corrected chi connectivity index (χ0v) is 11.6. The van der Waals surface area contributed by atoms with E-state index in [1.807, 2.05) is 0 Å². The quantitative estimate of drug-likeness (QED) is 0.744. The molecule has 1 atom stereocenters. The first-order valence-electron chi connectivity index (χ1n) is 5.03. The predicted molar refractivity (Wildman–Crippen MR) is 63.3 cm³/mol. The predicted octanol–water partition coefficient (Wildman–Crippen LogP) is 0.956. The SMILES string of the molecule is Cc1sc(C(=O)O)cc1S(=O)(=O)NCC(O)C(F)(F)F. The Kier molecular flexibility index (Phi) is 4.79. The van der Waals surface area contributed by atoms with Crippen molar-refractivity contribution in [3.05, 3.63) is 15.8 Å². The first-order chi connectivity index (χ1) is 8.95. The Morgan fingerprint density at radius 2 is 2.05 bits per heavy atom. The maximum Gasteiger partial charge on any atom is 0.415 e. The molecule has 0 aromatic carbocycles. The number of carboxylic acids is 1. The van der Waals surface area contributed by atoms with Crippen LogP contribution < -0.4 is 4.72 Å². The summed E-state index contributed by atoms with van der Waals surface area (Å²) in [5.74, 6) is -1.34. The highest BCUT2D eigenvalue weighted by Gasteiger charge is 2.39. The van der Waals surface area contributed by atoms with Crippen molar-refractivity contribution in [3.63, 3.8) is 0 Å². The van der Waals surface area contributed by atoms with Crippen molar-refractivity contribution < 1.29 is 36.6 Å². The maximum atomic E-state index is 12.1. The summed E-state index contributed by atoms with van der Waals surface area (Å²) in [7, 11) is -4.32. The van der Waals surface area contributed by atoms with Crippen LogP contribution in [-0.4, -0.2) is 43.4 Å². The van der Waals surface area contributed by atoms with Gasteiger partial charge in [-0.05, 0) is 13.0 Å². The number of carboxylic acid groups (broad SMARTS) is 1. The van der Waals surface area contributed by atoms with Crippen LogP contribution in [0.4, 0.5) is 13.2 Å². The molecule has 20 heavy (non-hydrogen) atoms. The average molecular weight is 333 g/mol. The zero-order valence-electron chi connectivity index (χ0n) is 9.93. The number of thiophene rings is 1. The first kappa shape index (κ1) is 16.9. The molecule has 0 saturated carbocycles. The molecule has 6 nitrogen and oxygen atoms in total. The summed E-state index contributed by atoms with van der Waals surface area (Å²) in [4.78, 5) is 10.1.